The standard InChI is InChI=1S/C16H18N4OS/c1-11(14-10-22-15-5-3-2-4-13(14)15)19-16(21)12-8-18-20(9-12)7-6-17/h2-5,8-11H,6-7,17H2,1H3,(H,19,21). The highest BCUT2D eigenvalue weighted by molar-refractivity contribution is 7.17. The fraction of sp³-hybridized carbons (Fsp3) is 0.250. The number of thiophene rings is 1. The van der Waals surface area contributed by atoms with E-state index in [1.54, 1.807) is 28.4 Å². The number of carbonyl (C=O) groups is 1. The molecule has 5 nitrogen and oxygen atoms in total. The van der Waals surface area contributed by atoms with E-state index < -0.39 is 0 Å². The van der Waals surface area contributed by atoms with Gasteiger partial charge in [0.2, 0.25) is 0 Å². The number of fused-ring (bicyclic) bond motifs is 1. The predicted molar refractivity (Wildman–Crippen MR) is 89.0 cm³/mol. The molecule has 3 aromatic rings. The Balaban J connectivity index is 1.75. The minimum atomic E-state index is -0.119. The van der Waals surface area contributed by atoms with Gasteiger partial charge in [-0.25, -0.2) is 0 Å². The maximum atomic E-state index is 12.3. The van der Waals surface area contributed by atoms with Crippen molar-refractivity contribution in [2.24, 2.45) is 5.73 Å². The van der Waals surface area contributed by atoms with Crippen molar-refractivity contribution in [3.63, 3.8) is 0 Å². The molecule has 1 unspecified atom stereocenters. The Bertz CT molecular complexity index is 792. The van der Waals surface area contributed by atoms with Gasteiger partial charge in [-0.05, 0) is 29.3 Å². The highest BCUT2D eigenvalue weighted by atomic mass is 32.1. The van der Waals surface area contributed by atoms with Gasteiger partial charge in [0.25, 0.3) is 5.91 Å². The van der Waals surface area contributed by atoms with Gasteiger partial charge in [0.1, 0.15) is 0 Å². The molecule has 0 bridgehead atoms. The molecular weight excluding hydrogens is 296 g/mol. The normalized spacial score (nSPS) is 12.5. The van der Waals surface area contributed by atoms with E-state index in [-0.39, 0.29) is 11.9 Å². The summed E-state index contributed by atoms with van der Waals surface area (Å²) < 4.78 is 2.91. The summed E-state index contributed by atoms with van der Waals surface area (Å²) in [6.07, 6.45) is 3.30. The second-order valence-electron chi connectivity index (χ2n) is 5.16. The van der Waals surface area contributed by atoms with Gasteiger partial charge in [0, 0.05) is 17.4 Å². The molecule has 0 aliphatic carbocycles. The number of nitrogens with two attached hydrogens (primary N) is 1. The van der Waals surface area contributed by atoms with E-state index in [1.165, 1.54) is 10.1 Å². The van der Waals surface area contributed by atoms with Gasteiger partial charge in [-0.3, -0.25) is 9.48 Å². The van der Waals surface area contributed by atoms with Crippen LogP contribution in [0.2, 0.25) is 0 Å². The number of nitrogens with one attached hydrogen (secondary N) is 1. The van der Waals surface area contributed by atoms with Crippen molar-refractivity contribution < 1.29 is 4.79 Å². The van der Waals surface area contributed by atoms with Crippen molar-refractivity contribution in [1.29, 1.82) is 0 Å². The fourth-order valence-electron chi connectivity index (χ4n) is 2.43. The van der Waals surface area contributed by atoms with Crippen molar-refractivity contribution in [3.05, 3.63) is 53.2 Å². The number of aromatic nitrogens is 2. The van der Waals surface area contributed by atoms with Crippen molar-refractivity contribution in [2.45, 2.75) is 19.5 Å². The average Bonchev–Trinajstić information content (AvgIpc) is 3.14. The molecule has 0 saturated heterocycles. The Morgan fingerprint density at radius 2 is 2.27 bits per heavy atom. The van der Waals surface area contributed by atoms with Crippen LogP contribution in [-0.2, 0) is 6.54 Å². The molecular formula is C16H18N4OS. The van der Waals surface area contributed by atoms with Crippen molar-refractivity contribution in [3.8, 4) is 0 Å². The van der Waals surface area contributed by atoms with Gasteiger partial charge in [-0.2, -0.15) is 5.10 Å². The number of hydrogen-bond acceptors (Lipinski definition) is 4. The molecule has 1 aromatic carbocycles. The lowest BCUT2D eigenvalue weighted by Gasteiger charge is -2.12. The first-order valence-corrected chi connectivity index (χ1v) is 8.06. The van der Waals surface area contributed by atoms with Gasteiger partial charge in [-0.15, -0.1) is 11.3 Å². The minimum Gasteiger partial charge on any atom is -0.345 e. The predicted octanol–water partition coefficient (Wildman–Crippen LogP) is 2.55. The van der Waals surface area contributed by atoms with Crippen molar-refractivity contribution in [1.82, 2.24) is 15.1 Å². The summed E-state index contributed by atoms with van der Waals surface area (Å²) in [5.74, 6) is -0.119. The van der Waals surface area contributed by atoms with Crippen molar-refractivity contribution in [2.75, 3.05) is 6.54 Å². The first kappa shape index (κ1) is 14.7. The molecule has 22 heavy (non-hydrogen) atoms. The Morgan fingerprint density at radius 3 is 3.09 bits per heavy atom. The van der Waals surface area contributed by atoms with E-state index in [0.29, 0.717) is 18.7 Å². The van der Waals surface area contributed by atoms with Crippen LogP contribution in [0.15, 0.2) is 42.0 Å². The van der Waals surface area contributed by atoms with Crippen LogP contribution in [0.1, 0.15) is 28.9 Å². The quantitative estimate of drug-likeness (QED) is 0.760. The number of amides is 1. The molecule has 3 N–H and O–H groups in total. The van der Waals surface area contributed by atoms with E-state index in [9.17, 15) is 4.79 Å². The minimum absolute atomic E-state index is 0.0542. The van der Waals surface area contributed by atoms with E-state index >= 15 is 0 Å². The van der Waals surface area contributed by atoms with Gasteiger partial charge < -0.3 is 11.1 Å². The summed E-state index contributed by atoms with van der Waals surface area (Å²) in [6.45, 7) is 3.11. The third-order valence-electron chi connectivity index (χ3n) is 3.58. The average molecular weight is 314 g/mol. The van der Waals surface area contributed by atoms with Crippen LogP contribution in [0.25, 0.3) is 10.1 Å². The molecule has 2 aromatic heterocycles. The molecule has 0 spiro atoms. The maximum absolute atomic E-state index is 12.3. The van der Waals surface area contributed by atoms with Crippen molar-refractivity contribution >= 4 is 27.3 Å². The summed E-state index contributed by atoms with van der Waals surface area (Å²) in [6, 6.07) is 8.17. The third kappa shape index (κ3) is 2.88. The Kier molecular flexibility index (Phi) is 4.22. The van der Waals surface area contributed by atoms with E-state index in [2.05, 4.69) is 27.9 Å². The van der Waals surface area contributed by atoms with Crippen LogP contribution >= 0.6 is 11.3 Å². The summed E-state index contributed by atoms with van der Waals surface area (Å²) >= 11 is 1.69. The number of hydrogen-bond donors (Lipinski definition) is 2. The van der Waals surface area contributed by atoms with Gasteiger partial charge in [0.15, 0.2) is 0 Å². The van der Waals surface area contributed by atoms with Gasteiger partial charge in [-0.1, -0.05) is 18.2 Å². The molecule has 0 fully saturated rings. The molecule has 114 valence electrons. The summed E-state index contributed by atoms with van der Waals surface area (Å²) in [4.78, 5) is 12.3. The number of carbonyl (C=O) groups excluding carboxylic acids is 1. The smallest absolute Gasteiger partial charge is 0.254 e. The second-order valence-corrected chi connectivity index (χ2v) is 6.07. The molecule has 0 radical (unpaired) electrons. The monoisotopic (exact) mass is 314 g/mol. The van der Waals surface area contributed by atoms with Gasteiger partial charge in [0.05, 0.1) is 24.3 Å². The SMILES string of the molecule is CC(NC(=O)c1cnn(CCN)c1)c1csc2ccccc12. The Labute approximate surface area is 132 Å². The van der Waals surface area contributed by atoms with E-state index in [0.717, 1.165) is 5.56 Å². The molecule has 2 heterocycles. The lowest BCUT2D eigenvalue weighted by Crippen LogP contribution is -2.26. The zero-order chi connectivity index (χ0) is 15.5. The lowest BCUT2D eigenvalue weighted by atomic mass is 10.1. The van der Waals surface area contributed by atoms with Crippen LogP contribution < -0.4 is 11.1 Å². The maximum Gasteiger partial charge on any atom is 0.254 e. The molecule has 3 rings (SSSR count). The van der Waals surface area contributed by atoms with Crippen LogP contribution in [0.4, 0.5) is 0 Å². The topological polar surface area (TPSA) is 72.9 Å². The Morgan fingerprint density at radius 1 is 1.45 bits per heavy atom. The third-order valence-corrected chi connectivity index (χ3v) is 4.56. The fourth-order valence-corrected chi connectivity index (χ4v) is 3.48. The first-order valence-electron chi connectivity index (χ1n) is 7.18. The number of rotatable bonds is 5. The van der Waals surface area contributed by atoms with Crippen LogP contribution in [-0.4, -0.2) is 22.2 Å². The molecule has 1 atom stereocenters. The van der Waals surface area contributed by atoms with Crippen LogP contribution in [0.5, 0.6) is 0 Å². The highest BCUT2D eigenvalue weighted by Gasteiger charge is 2.16. The molecule has 6 heteroatoms. The van der Waals surface area contributed by atoms with E-state index in [1.807, 2.05) is 19.1 Å². The van der Waals surface area contributed by atoms with Crippen LogP contribution in [0, 0.1) is 0 Å². The Hall–Kier alpha value is -2.18. The summed E-state index contributed by atoms with van der Waals surface area (Å²) in [7, 11) is 0. The molecule has 0 saturated carbocycles. The molecule has 0 aliphatic rings. The summed E-state index contributed by atoms with van der Waals surface area (Å²) in [5, 5.41) is 10.5. The lowest BCUT2D eigenvalue weighted by molar-refractivity contribution is 0.0940. The number of benzene rings is 1. The number of nitrogens with zero attached hydrogens (tertiary/aromatic N) is 2. The zero-order valence-electron chi connectivity index (χ0n) is 12.3. The zero-order valence-corrected chi connectivity index (χ0v) is 13.1. The largest absolute Gasteiger partial charge is 0.345 e. The molecule has 1 amide bonds. The van der Waals surface area contributed by atoms with Crippen LogP contribution in [0.3, 0.4) is 0 Å². The molecule has 0 aliphatic heterocycles. The highest BCUT2D eigenvalue weighted by Crippen LogP contribution is 2.30. The second kappa shape index (κ2) is 6.29. The first-order chi connectivity index (χ1) is 10.7. The van der Waals surface area contributed by atoms with E-state index in [4.69, 9.17) is 5.73 Å². The van der Waals surface area contributed by atoms with Gasteiger partial charge >= 0.3 is 0 Å². The summed E-state index contributed by atoms with van der Waals surface area (Å²) in [5.41, 5.74) is 7.18.